The van der Waals surface area contributed by atoms with Crippen molar-refractivity contribution in [2.24, 2.45) is 5.73 Å². The molecule has 6 heteroatoms. The second kappa shape index (κ2) is 6.21. The molecule has 106 valence electrons. The summed E-state index contributed by atoms with van der Waals surface area (Å²) in [5, 5.41) is 9.65. The maximum Gasteiger partial charge on any atom is 0.323 e. The van der Waals surface area contributed by atoms with Crippen molar-refractivity contribution in [1.29, 1.82) is 0 Å². The van der Waals surface area contributed by atoms with E-state index in [0.717, 1.165) is 11.3 Å². The summed E-state index contributed by atoms with van der Waals surface area (Å²) in [7, 11) is 0. The monoisotopic (exact) mass is 273 g/mol. The van der Waals surface area contributed by atoms with Crippen molar-refractivity contribution in [3.05, 3.63) is 42.2 Å². The molecule has 6 nitrogen and oxygen atoms in total. The van der Waals surface area contributed by atoms with Gasteiger partial charge in [0.1, 0.15) is 0 Å². The molecule has 0 saturated carbocycles. The van der Waals surface area contributed by atoms with Crippen LogP contribution >= 0.6 is 0 Å². The molecular weight excluding hydrogens is 254 g/mol. The number of hydrogen-bond acceptors (Lipinski definition) is 3. The van der Waals surface area contributed by atoms with Gasteiger partial charge in [-0.2, -0.15) is 5.10 Å². The van der Waals surface area contributed by atoms with Gasteiger partial charge >= 0.3 is 6.03 Å². The third-order valence-corrected chi connectivity index (χ3v) is 2.84. The van der Waals surface area contributed by atoms with E-state index in [-0.39, 0.29) is 12.1 Å². The highest BCUT2D eigenvalue weighted by molar-refractivity contribution is 5.99. The molecule has 2 aromatic rings. The molecular formula is C14H19N5O. The van der Waals surface area contributed by atoms with E-state index >= 15 is 0 Å². The molecule has 2 amide bonds. The number of carbonyl (C=O) groups is 1. The van der Waals surface area contributed by atoms with E-state index in [2.05, 4.69) is 15.7 Å². The molecule has 4 N–H and O–H groups in total. The second-order valence-electron chi connectivity index (χ2n) is 4.78. The Hall–Kier alpha value is -2.34. The summed E-state index contributed by atoms with van der Waals surface area (Å²) in [5.74, 6) is 0. The fraction of sp³-hybridized carbons (Fsp3) is 0.286. The minimum atomic E-state index is -0.297. The van der Waals surface area contributed by atoms with E-state index in [1.165, 1.54) is 0 Å². The number of hydrogen-bond donors (Lipinski definition) is 3. The van der Waals surface area contributed by atoms with Crippen molar-refractivity contribution in [1.82, 2.24) is 9.78 Å². The molecule has 0 bridgehead atoms. The van der Waals surface area contributed by atoms with Crippen LogP contribution in [0.4, 0.5) is 16.2 Å². The fourth-order valence-electron chi connectivity index (χ4n) is 1.70. The molecule has 0 aliphatic carbocycles. The Morgan fingerprint density at radius 1 is 1.25 bits per heavy atom. The van der Waals surface area contributed by atoms with E-state index in [0.29, 0.717) is 12.2 Å². The molecule has 0 spiro atoms. The van der Waals surface area contributed by atoms with Gasteiger partial charge in [-0.1, -0.05) is 12.1 Å². The van der Waals surface area contributed by atoms with Crippen molar-refractivity contribution < 1.29 is 4.79 Å². The smallest absolute Gasteiger partial charge is 0.323 e. The molecule has 1 heterocycles. The molecule has 1 aromatic heterocycles. The predicted molar refractivity (Wildman–Crippen MR) is 79.6 cm³/mol. The van der Waals surface area contributed by atoms with Crippen LogP contribution in [-0.4, -0.2) is 15.8 Å². The lowest BCUT2D eigenvalue weighted by Crippen LogP contribution is -2.19. The molecule has 0 aliphatic heterocycles. The van der Waals surface area contributed by atoms with Crippen LogP contribution in [0.15, 0.2) is 36.7 Å². The van der Waals surface area contributed by atoms with E-state index < -0.39 is 0 Å². The Balaban J connectivity index is 1.93. The molecule has 0 unspecified atom stereocenters. The third-order valence-electron chi connectivity index (χ3n) is 2.84. The Labute approximate surface area is 118 Å². The average molecular weight is 273 g/mol. The molecule has 0 radical (unpaired) electrons. The fourth-order valence-corrected chi connectivity index (χ4v) is 1.70. The number of nitrogens with two attached hydrogens (primary N) is 1. The largest absolute Gasteiger partial charge is 0.326 e. The topological polar surface area (TPSA) is 85.0 Å². The summed E-state index contributed by atoms with van der Waals surface area (Å²) < 4.78 is 1.78. The quantitative estimate of drug-likeness (QED) is 0.800. The number of benzene rings is 1. The van der Waals surface area contributed by atoms with Crippen molar-refractivity contribution in [3.8, 4) is 0 Å². The number of urea groups is 1. The van der Waals surface area contributed by atoms with Gasteiger partial charge in [-0.3, -0.25) is 4.68 Å². The normalized spacial score (nSPS) is 10.6. The number of nitrogens with one attached hydrogen (secondary N) is 2. The Morgan fingerprint density at radius 3 is 2.45 bits per heavy atom. The summed E-state index contributed by atoms with van der Waals surface area (Å²) in [4.78, 5) is 11.8. The standard InChI is InChI=1S/C14H19N5O/c1-10(2)19-9-13(8-16-19)18-14(20)17-12-5-3-11(7-15)4-6-12/h3-6,8-10H,7,15H2,1-2H3,(H2,17,18,20). The Kier molecular flexibility index (Phi) is 4.37. The molecule has 0 saturated heterocycles. The van der Waals surface area contributed by atoms with Gasteiger partial charge < -0.3 is 16.4 Å². The molecule has 1 aromatic carbocycles. The molecule has 20 heavy (non-hydrogen) atoms. The first kappa shape index (κ1) is 14.1. The molecule has 2 rings (SSSR count). The van der Waals surface area contributed by atoms with Crippen molar-refractivity contribution in [2.45, 2.75) is 26.4 Å². The van der Waals surface area contributed by atoms with Gasteiger partial charge in [-0.25, -0.2) is 4.79 Å². The van der Waals surface area contributed by atoms with Crippen LogP contribution in [0.3, 0.4) is 0 Å². The lowest BCUT2D eigenvalue weighted by Gasteiger charge is -2.07. The van der Waals surface area contributed by atoms with Gasteiger partial charge in [0.2, 0.25) is 0 Å². The third kappa shape index (κ3) is 3.58. The SMILES string of the molecule is CC(C)n1cc(NC(=O)Nc2ccc(CN)cc2)cn1. The number of amides is 2. The lowest BCUT2D eigenvalue weighted by molar-refractivity contribution is 0.262. The van der Waals surface area contributed by atoms with Crippen LogP contribution in [-0.2, 0) is 6.54 Å². The van der Waals surface area contributed by atoms with Crippen molar-refractivity contribution >= 4 is 17.4 Å². The minimum Gasteiger partial charge on any atom is -0.326 e. The Morgan fingerprint density at radius 2 is 1.90 bits per heavy atom. The van der Waals surface area contributed by atoms with Gasteiger partial charge in [0.05, 0.1) is 11.9 Å². The van der Waals surface area contributed by atoms with Gasteiger partial charge in [0.15, 0.2) is 0 Å². The summed E-state index contributed by atoms with van der Waals surface area (Å²) in [6.45, 7) is 4.53. The number of aromatic nitrogens is 2. The zero-order chi connectivity index (χ0) is 14.5. The number of rotatable bonds is 4. The first-order chi connectivity index (χ1) is 9.58. The molecule has 0 fully saturated rings. The highest BCUT2D eigenvalue weighted by Crippen LogP contribution is 2.12. The van der Waals surface area contributed by atoms with E-state index in [9.17, 15) is 4.79 Å². The Bertz CT molecular complexity index is 574. The minimum absolute atomic E-state index is 0.261. The van der Waals surface area contributed by atoms with Gasteiger partial charge in [-0.05, 0) is 31.5 Å². The average Bonchev–Trinajstić information content (AvgIpc) is 2.88. The zero-order valence-electron chi connectivity index (χ0n) is 11.6. The summed E-state index contributed by atoms with van der Waals surface area (Å²) >= 11 is 0. The van der Waals surface area contributed by atoms with E-state index in [1.807, 2.05) is 38.1 Å². The van der Waals surface area contributed by atoms with Crippen LogP contribution in [0.2, 0.25) is 0 Å². The zero-order valence-corrected chi connectivity index (χ0v) is 11.6. The van der Waals surface area contributed by atoms with Crippen molar-refractivity contribution in [3.63, 3.8) is 0 Å². The maximum atomic E-state index is 11.8. The summed E-state index contributed by atoms with van der Waals surface area (Å²) in [6, 6.07) is 7.36. The number of nitrogens with zero attached hydrogens (tertiary/aromatic N) is 2. The number of carbonyl (C=O) groups excluding carboxylic acids is 1. The highest BCUT2D eigenvalue weighted by atomic mass is 16.2. The van der Waals surface area contributed by atoms with Gasteiger partial charge in [0.25, 0.3) is 0 Å². The van der Waals surface area contributed by atoms with Crippen LogP contribution in [0.1, 0.15) is 25.5 Å². The van der Waals surface area contributed by atoms with Crippen LogP contribution in [0.5, 0.6) is 0 Å². The van der Waals surface area contributed by atoms with Gasteiger partial charge in [0, 0.05) is 24.5 Å². The molecule has 0 aliphatic rings. The van der Waals surface area contributed by atoms with Crippen LogP contribution in [0, 0.1) is 0 Å². The van der Waals surface area contributed by atoms with Crippen LogP contribution in [0.25, 0.3) is 0 Å². The van der Waals surface area contributed by atoms with Crippen LogP contribution < -0.4 is 16.4 Å². The molecule has 0 atom stereocenters. The van der Waals surface area contributed by atoms with E-state index in [4.69, 9.17) is 5.73 Å². The van der Waals surface area contributed by atoms with E-state index in [1.54, 1.807) is 17.1 Å². The van der Waals surface area contributed by atoms with Crippen molar-refractivity contribution in [2.75, 3.05) is 10.6 Å². The maximum absolute atomic E-state index is 11.8. The lowest BCUT2D eigenvalue weighted by atomic mass is 10.2. The number of anilines is 2. The highest BCUT2D eigenvalue weighted by Gasteiger charge is 2.06. The second-order valence-corrected chi connectivity index (χ2v) is 4.78. The first-order valence-electron chi connectivity index (χ1n) is 6.49. The summed E-state index contributed by atoms with van der Waals surface area (Å²) in [6.07, 6.45) is 3.42. The first-order valence-corrected chi connectivity index (χ1v) is 6.49. The van der Waals surface area contributed by atoms with Gasteiger partial charge in [-0.15, -0.1) is 0 Å². The predicted octanol–water partition coefficient (Wildman–Crippen LogP) is 2.57. The summed E-state index contributed by atoms with van der Waals surface area (Å²) in [5.41, 5.74) is 7.92.